The van der Waals surface area contributed by atoms with Crippen molar-refractivity contribution in [3.05, 3.63) is 29.8 Å². The Kier molecular flexibility index (Phi) is 6.27. The molecule has 0 aromatic heterocycles. The van der Waals surface area contributed by atoms with E-state index in [9.17, 15) is 9.59 Å². The molecule has 0 bridgehead atoms. The zero-order valence-electron chi connectivity index (χ0n) is 15.6. The molecule has 6 heteroatoms. The lowest BCUT2D eigenvalue weighted by atomic mass is 9.78. The van der Waals surface area contributed by atoms with Crippen molar-refractivity contribution in [1.29, 1.82) is 0 Å². The summed E-state index contributed by atoms with van der Waals surface area (Å²) in [6.07, 6.45) is 4.24. The number of methoxy groups -OCH3 is 1. The number of piperidine rings is 2. The van der Waals surface area contributed by atoms with E-state index in [1.165, 1.54) is 0 Å². The summed E-state index contributed by atoms with van der Waals surface area (Å²) in [7, 11) is 1.65. The third kappa shape index (κ3) is 4.43. The number of carbonyl (C=O) groups is 2. The van der Waals surface area contributed by atoms with Crippen molar-refractivity contribution >= 4 is 17.5 Å². The molecule has 3 rings (SSSR count). The van der Waals surface area contributed by atoms with Gasteiger partial charge in [0.15, 0.2) is 0 Å². The Bertz CT molecular complexity index is 635. The fourth-order valence-corrected chi connectivity index (χ4v) is 3.88. The standard InChI is InChI=1S/C20H29N3O3/c1-26-15-20(8-10-21-11-9-20)19(25)22-17-6-4-5-16(13-17)14-23-12-3-2-7-18(23)24/h4-6,13,21H,2-3,7-12,14-15H2,1H3,(H,22,25). The van der Waals surface area contributed by atoms with Crippen LogP contribution in [0.15, 0.2) is 24.3 Å². The van der Waals surface area contributed by atoms with Gasteiger partial charge in [-0.1, -0.05) is 12.1 Å². The SMILES string of the molecule is COCC1(C(=O)Nc2cccc(CN3CCCCC3=O)c2)CCNCC1. The number of nitrogens with one attached hydrogen (secondary N) is 2. The first-order valence-electron chi connectivity index (χ1n) is 9.51. The first kappa shape index (κ1) is 18.9. The largest absolute Gasteiger partial charge is 0.384 e. The van der Waals surface area contributed by atoms with Gasteiger partial charge in [0, 0.05) is 32.3 Å². The minimum atomic E-state index is -0.473. The lowest BCUT2D eigenvalue weighted by Gasteiger charge is -2.35. The monoisotopic (exact) mass is 359 g/mol. The van der Waals surface area contributed by atoms with Crippen LogP contribution in [0, 0.1) is 5.41 Å². The van der Waals surface area contributed by atoms with Gasteiger partial charge in [-0.25, -0.2) is 0 Å². The van der Waals surface area contributed by atoms with E-state index in [-0.39, 0.29) is 11.8 Å². The lowest BCUT2D eigenvalue weighted by Crippen LogP contribution is -2.47. The highest BCUT2D eigenvalue weighted by Gasteiger charge is 2.39. The molecular weight excluding hydrogens is 330 g/mol. The highest BCUT2D eigenvalue weighted by atomic mass is 16.5. The number of hydrogen-bond donors (Lipinski definition) is 2. The maximum absolute atomic E-state index is 12.9. The molecule has 0 saturated carbocycles. The van der Waals surface area contributed by atoms with Crippen LogP contribution in [0.1, 0.15) is 37.7 Å². The fourth-order valence-electron chi connectivity index (χ4n) is 3.88. The van der Waals surface area contributed by atoms with Gasteiger partial charge in [-0.3, -0.25) is 9.59 Å². The molecule has 0 atom stereocenters. The number of carbonyl (C=O) groups excluding carboxylic acids is 2. The minimum Gasteiger partial charge on any atom is -0.384 e. The second kappa shape index (κ2) is 8.64. The lowest BCUT2D eigenvalue weighted by molar-refractivity contribution is -0.134. The van der Waals surface area contributed by atoms with Gasteiger partial charge in [0.05, 0.1) is 12.0 Å². The zero-order valence-corrected chi connectivity index (χ0v) is 15.6. The summed E-state index contributed by atoms with van der Waals surface area (Å²) in [5.74, 6) is 0.242. The number of hydrogen-bond acceptors (Lipinski definition) is 4. The van der Waals surface area contributed by atoms with Gasteiger partial charge < -0.3 is 20.3 Å². The quantitative estimate of drug-likeness (QED) is 0.817. The molecule has 1 aromatic rings. The van der Waals surface area contributed by atoms with Crippen LogP contribution in [0.25, 0.3) is 0 Å². The summed E-state index contributed by atoms with van der Waals surface area (Å²) >= 11 is 0. The fraction of sp³-hybridized carbons (Fsp3) is 0.600. The molecule has 2 amide bonds. The molecule has 26 heavy (non-hydrogen) atoms. The molecule has 142 valence electrons. The van der Waals surface area contributed by atoms with E-state index in [0.29, 0.717) is 19.6 Å². The van der Waals surface area contributed by atoms with E-state index >= 15 is 0 Å². The topological polar surface area (TPSA) is 70.7 Å². The Morgan fingerprint density at radius 1 is 1.31 bits per heavy atom. The second-order valence-corrected chi connectivity index (χ2v) is 7.39. The van der Waals surface area contributed by atoms with Crippen molar-refractivity contribution < 1.29 is 14.3 Å². The molecule has 2 N–H and O–H groups in total. The Labute approximate surface area is 155 Å². The molecule has 2 fully saturated rings. The van der Waals surface area contributed by atoms with E-state index in [1.54, 1.807) is 7.11 Å². The summed E-state index contributed by atoms with van der Waals surface area (Å²) in [6, 6.07) is 7.82. The van der Waals surface area contributed by atoms with Crippen molar-refractivity contribution in [2.45, 2.75) is 38.6 Å². The normalized spacial score (nSPS) is 20.0. The molecule has 2 aliphatic heterocycles. The smallest absolute Gasteiger partial charge is 0.233 e. The number of anilines is 1. The Balaban J connectivity index is 1.67. The van der Waals surface area contributed by atoms with Crippen molar-refractivity contribution in [2.75, 3.05) is 38.7 Å². The third-order valence-electron chi connectivity index (χ3n) is 5.44. The number of ether oxygens (including phenoxy) is 1. The number of rotatable bonds is 6. The van der Waals surface area contributed by atoms with Gasteiger partial charge in [0.2, 0.25) is 11.8 Å². The average Bonchev–Trinajstić information content (AvgIpc) is 2.65. The number of amides is 2. The van der Waals surface area contributed by atoms with Crippen molar-refractivity contribution in [3.8, 4) is 0 Å². The summed E-state index contributed by atoms with van der Waals surface area (Å²) in [4.78, 5) is 26.9. The predicted molar refractivity (Wildman–Crippen MR) is 101 cm³/mol. The van der Waals surface area contributed by atoms with Gasteiger partial charge in [-0.15, -0.1) is 0 Å². The van der Waals surface area contributed by atoms with Gasteiger partial charge in [0.1, 0.15) is 0 Å². The number of likely N-dealkylation sites (tertiary alicyclic amines) is 1. The van der Waals surface area contributed by atoms with Crippen LogP contribution in [-0.2, 0) is 20.9 Å². The highest BCUT2D eigenvalue weighted by molar-refractivity contribution is 5.95. The van der Waals surface area contributed by atoms with Crippen molar-refractivity contribution in [3.63, 3.8) is 0 Å². The molecule has 6 nitrogen and oxygen atoms in total. The zero-order chi connectivity index (χ0) is 18.4. The number of nitrogens with zero attached hydrogens (tertiary/aromatic N) is 1. The van der Waals surface area contributed by atoms with Crippen LogP contribution < -0.4 is 10.6 Å². The number of benzene rings is 1. The Morgan fingerprint density at radius 2 is 2.12 bits per heavy atom. The summed E-state index contributed by atoms with van der Waals surface area (Å²) in [6.45, 7) is 3.51. The molecule has 1 aromatic carbocycles. The van der Waals surface area contributed by atoms with Gasteiger partial charge in [-0.2, -0.15) is 0 Å². The maximum atomic E-state index is 12.9. The van der Waals surface area contributed by atoms with Crippen molar-refractivity contribution in [1.82, 2.24) is 10.2 Å². The van der Waals surface area contributed by atoms with Gasteiger partial charge in [0.25, 0.3) is 0 Å². The van der Waals surface area contributed by atoms with E-state index < -0.39 is 5.41 Å². The van der Waals surface area contributed by atoms with Crippen LogP contribution in [-0.4, -0.2) is 50.1 Å². The van der Waals surface area contributed by atoms with Crippen LogP contribution >= 0.6 is 0 Å². The van der Waals surface area contributed by atoms with Crippen LogP contribution in [0.2, 0.25) is 0 Å². The van der Waals surface area contributed by atoms with Gasteiger partial charge in [-0.05, 0) is 56.5 Å². The third-order valence-corrected chi connectivity index (χ3v) is 5.44. The predicted octanol–water partition coefficient (Wildman–Crippen LogP) is 2.15. The van der Waals surface area contributed by atoms with Crippen LogP contribution in [0.3, 0.4) is 0 Å². The van der Waals surface area contributed by atoms with E-state index in [2.05, 4.69) is 10.6 Å². The molecule has 2 aliphatic rings. The minimum absolute atomic E-state index is 0.0204. The van der Waals surface area contributed by atoms with E-state index in [0.717, 1.165) is 56.6 Å². The van der Waals surface area contributed by atoms with Crippen LogP contribution in [0.4, 0.5) is 5.69 Å². The van der Waals surface area contributed by atoms with Gasteiger partial charge >= 0.3 is 0 Å². The molecule has 0 aliphatic carbocycles. The summed E-state index contributed by atoms with van der Waals surface area (Å²) < 4.78 is 5.35. The van der Waals surface area contributed by atoms with E-state index in [1.807, 2.05) is 29.2 Å². The molecule has 0 radical (unpaired) electrons. The Morgan fingerprint density at radius 3 is 2.85 bits per heavy atom. The maximum Gasteiger partial charge on any atom is 0.233 e. The summed E-state index contributed by atoms with van der Waals surface area (Å²) in [5.41, 5.74) is 1.36. The molecule has 0 spiro atoms. The van der Waals surface area contributed by atoms with Crippen molar-refractivity contribution in [2.24, 2.45) is 5.41 Å². The Hall–Kier alpha value is -1.92. The first-order valence-corrected chi connectivity index (χ1v) is 9.51. The summed E-state index contributed by atoms with van der Waals surface area (Å²) in [5, 5.41) is 6.38. The molecule has 2 heterocycles. The average molecular weight is 359 g/mol. The molecule has 0 unspecified atom stereocenters. The first-order chi connectivity index (χ1) is 12.6. The molecular formula is C20H29N3O3. The van der Waals surface area contributed by atoms with E-state index in [4.69, 9.17) is 4.74 Å². The molecule has 2 saturated heterocycles. The van der Waals surface area contributed by atoms with Crippen LogP contribution in [0.5, 0.6) is 0 Å². The second-order valence-electron chi connectivity index (χ2n) is 7.39. The highest BCUT2D eigenvalue weighted by Crippen LogP contribution is 2.31.